The maximum Gasteiger partial charge on any atom is 0.261 e. The first kappa shape index (κ1) is 14.0. The first-order chi connectivity index (χ1) is 8.22. The first-order valence-electron chi connectivity index (χ1n) is 5.65. The van der Waals surface area contributed by atoms with Gasteiger partial charge in [0.2, 0.25) is 0 Å². The molecule has 1 heterocycles. The third-order valence-electron chi connectivity index (χ3n) is 2.44. The quantitative estimate of drug-likeness (QED) is 0.709. The van der Waals surface area contributed by atoms with Crippen molar-refractivity contribution in [1.82, 2.24) is 10.3 Å². The number of ether oxygens (including phenoxy) is 1. The number of hydrogen-bond acceptors (Lipinski definition) is 3. The second kappa shape index (κ2) is 8.08. The van der Waals surface area contributed by atoms with Crippen molar-refractivity contribution in [2.75, 3.05) is 20.3 Å². The van der Waals surface area contributed by atoms with Gasteiger partial charge in [-0.1, -0.05) is 6.07 Å². The molecule has 0 saturated heterocycles. The molecular formula is C12H18F2N2O. The van der Waals surface area contributed by atoms with E-state index >= 15 is 0 Å². The fourth-order valence-corrected chi connectivity index (χ4v) is 1.52. The van der Waals surface area contributed by atoms with Crippen molar-refractivity contribution < 1.29 is 13.5 Å². The molecule has 0 fully saturated rings. The minimum atomic E-state index is -2.39. The summed E-state index contributed by atoms with van der Waals surface area (Å²) >= 11 is 0. The van der Waals surface area contributed by atoms with Crippen LogP contribution in [0.1, 0.15) is 12.1 Å². The Morgan fingerprint density at radius 1 is 1.41 bits per heavy atom. The van der Waals surface area contributed by atoms with Gasteiger partial charge in [0.05, 0.1) is 0 Å². The topological polar surface area (TPSA) is 34.1 Å². The Hall–Kier alpha value is -1.07. The van der Waals surface area contributed by atoms with Crippen LogP contribution in [0.25, 0.3) is 0 Å². The van der Waals surface area contributed by atoms with Crippen LogP contribution in [0.15, 0.2) is 24.4 Å². The van der Waals surface area contributed by atoms with E-state index in [1.807, 2.05) is 25.2 Å². The van der Waals surface area contributed by atoms with Gasteiger partial charge in [0.1, 0.15) is 6.61 Å². The molecule has 1 atom stereocenters. The Kier molecular flexibility index (Phi) is 6.65. The standard InChI is InChI=1S/C12H18F2N2O/c1-15-10(5-7-17-9-12(13)14)8-11-4-2-3-6-16-11/h2-4,6,10,12,15H,5,7-9H2,1H3. The fourth-order valence-electron chi connectivity index (χ4n) is 1.52. The molecule has 1 aromatic rings. The van der Waals surface area contributed by atoms with Gasteiger partial charge in [-0.05, 0) is 25.6 Å². The highest BCUT2D eigenvalue weighted by atomic mass is 19.3. The lowest BCUT2D eigenvalue weighted by Crippen LogP contribution is -2.29. The summed E-state index contributed by atoms with van der Waals surface area (Å²) in [5.74, 6) is 0. The van der Waals surface area contributed by atoms with E-state index in [0.29, 0.717) is 13.0 Å². The van der Waals surface area contributed by atoms with Gasteiger partial charge in [-0.15, -0.1) is 0 Å². The molecule has 3 nitrogen and oxygen atoms in total. The lowest BCUT2D eigenvalue weighted by Gasteiger charge is -2.15. The van der Waals surface area contributed by atoms with Gasteiger partial charge < -0.3 is 10.1 Å². The van der Waals surface area contributed by atoms with Crippen LogP contribution >= 0.6 is 0 Å². The van der Waals surface area contributed by atoms with Gasteiger partial charge in [0.25, 0.3) is 6.43 Å². The van der Waals surface area contributed by atoms with Gasteiger partial charge in [0.15, 0.2) is 0 Å². The van der Waals surface area contributed by atoms with Crippen molar-refractivity contribution in [3.8, 4) is 0 Å². The molecule has 0 bridgehead atoms. The van der Waals surface area contributed by atoms with Crippen LogP contribution in [0, 0.1) is 0 Å². The second-order valence-corrected chi connectivity index (χ2v) is 3.77. The van der Waals surface area contributed by atoms with Gasteiger partial charge in [0, 0.05) is 31.0 Å². The number of hydrogen-bond donors (Lipinski definition) is 1. The SMILES string of the molecule is CNC(CCOCC(F)F)Cc1ccccn1. The summed E-state index contributed by atoms with van der Waals surface area (Å²) in [6.45, 7) is -0.150. The zero-order valence-corrected chi connectivity index (χ0v) is 9.90. The molecule has 96 valence electrons. The minimum absolute atomic E-state index is 0.197. The highest BCUT2D eigenvalue weighted by molar-refractivity contribution is 5.05. The predicted molar refractivity (Wildman–Crippen MR) is 62.2 cm³/mol. The van der Waals surface area contributed by atoms with Gasteiger partial charge >= 0.3 is 0 Å². The van der Waals surface area contributed by atoms with E-state index in [4.69, 9.17) is 4.74 Å². The van der Waals surface area contributed by atoms with Crippen LogP contribution in [0.3, 0.4) is 0 Å². The molecule has 1 N–H and O–H groups in total. The molecule has 0 aliphatic heterocycles. The number of alkyl halides is 2. The van der Waals surface area contributed by atoms with Crippen LogP contribution < -0.4 is 5.32 Å². The average Bonchev–Trinajstić information content (AvgIpc) is 2.34. The van der Waals surface area contributed by atoms with Crippen molar-refractivity contribution in [3.05, 3.63) is 30.1 Å². The molecule has 17 heavy (non-hydrogen) atoms. The lowest BCUT2D eigenvalue weighted by molar-refractivity contribution is 0.0146. The predicted octanol–water partition coefficient (Wildman–Crippen LogP) is 1.88. The Bertz CT molecular complexity index is 296. The molecule has 1 unspecified atom stereocenters. The van der Waals surface area contributed by atoms with E-state index in [-0.39, 0.29) is 6.04 Å². The van der Waals surface area contributed by atoms with E-state index in [9.17, 15) is 8.78 Å². The fraction of sp³-hybridized carbons (Fsp3) is 0.583. The van der Waals surface area contributed by atoms with E-state index in [2.05, 4.69) is 10.3 Å². The second-order valence-electron chi connectivity index (χ2n) is 3.77. The van der Waals surface area contributed by atoms with Gasteiger partial charge in [-0.2, -0.15) is 0 Å². The van der Waals surface area contributed by atoms with Crippen molar-refractivity contribution >= 4 is 0 Å². The molecule has 0 saturated carbocycles. The molecule has 5 heteroatoms. The van der Waals surface area contributed by atoms with Crippen LogP contribution in [0.5, 0.6) is 0 Å². The summed E-state index contributed by atoms with van der Waals surface area (Å²) in [6, 6.07) is 5.94. The van der Waals surface area contributed by atoms with E-state index in [1.54, 1.807) is 6.20 Å². The maximum atomic E-state index is 11.8. The van der Waals surface area contributed by atoms with E-state index < -0.39 is 13.0 Å². The normalized spacial score (nSPS) is 12.9. The van der Waals surface area contributed by atoms with Crippen molar-refractivity contribution in [1.29, 1.82) is 0 Å². The molecule has 0 aliphatic carbocycles. The van der Waals surface area contributed by atoms with Gasteiger partial charge in [-0.25, -0.2) is 8.78 Å². The molecule has 0 radical (unpaired) electrons. The number of nitrogens with zero attached hydrogens (tertiary/aromatic N) is 1. The minimum Gasteiger partial charge on any atom is -0.375 e. The van der Waals surface area contributed by atoms with Crippen molar-refractivity contribution in [2.24, 2.45) is 0 Å². The summed E-state index contributed by atoms with van der Waals surface area (Å²) in [6.07, 6.45) is 0.823. The molecule has 1 aromatic heterocycles. The third-order valence-corrected chi connectivity index (χ3v) is 2.44. The van der Waals surface area contributed by atoms with Gasteiger partial charge in [-0.3, -0.25) is 4.98 Å². The zero-order valence-electron chi connectivity index (χ0n) is 9.90. The first-order valence-corrected chi connectivity index (χ1v) is 5.65. The number of halogens is 2. The highest BCUT2D eigenvalue weighted by Crippen LogP contribution is 2.03. The smallest absolute Gasteiger partial charge is 0.261 e. The van der Waals surface area contributed by atoms with Crippen LogP contribution in [0.2, 0.25) is 0 Å². The molecule has 0 amide bonds. The van der Waals surface area contributed by atoms with E-state index in [0.717, 1.165) is 12.1 Å². The lowest BCUT2D eigenvalue weighted by atomic mass is 10.1. The van der Waals surface area contributed by atoms with Crippen molar-refractivity contribution in [2.45, 2.75) is 25.3 Å². The van der Waals surface area contributed by atoms with E-state index in [1.165, 1.54) is 0 Å². The number of rotatable bonds is 8. The maximum absolute atomic E-state index is 11.8. The summed E-state index contributed by atoms with van der Waals surface area (Å²) in [7, 11) is 1.85. The Balaban J connectivity index is 2.24. The monoisotopic (exact) mass is 244 g/mol. The van der Waals surface area contributed by atoms with Crippen LogP contribution in [-0.4, -0.2) is 37.7 Å². The molecule has 0 aromatic carbocycles. The average molecular weight is 244 g/mol. The molecule has 0 aliphatic rings. The van der Waals surface area contributed by atoms with Crippen LogP contribution in [0.4, 0.5) is 8.78 Å². The summed E-state index contributed by atoms with van der Waals surface area (Å²) in [5.41, 5.74) is 0.987. The zero-order chi connectivity index (χ0) is 12.5. The number of likely N-dealkylation sites (N-methyl/N-ethyl adjacent to an activating group) is 1. The van der Waals surface area contributed by atoms with Crippen molar-refractivity contribution in [3.63, 3.8) is 0 Å². The summed E-state index contributed by atoms with van der Waals surface area (Å²) in [5, 5.41) is 3.13. The summed E-state index contributed by atoms with van der Waals surface area (Å²) < 4.78 is 28.5. The van der Waals surface area contributed by atoms with Crippen LogP contribution in [-0.2, 0) is 11.2 Å². The number of pyridine rings is 1. The molecule has 0 spiro atoms. The largest absolute Gasteiger partial charge is 0.375 e. The third kappa shape index (κ3) is 6.28. The number of aromatic nitrogens is 1. The Morgan fingerprint density at radius 3 is 2.82 bits per heavy atom. The Labute approximate surface area is 100 Å². The molecular weight excluding hydrogens is 226 g/mol. The summed E-state index contributed by atoms with van der Waals surface area (Å²) in [4.78, 5) is 4.22. The number of nitrogens with one attached hydrogen (secondary N) is 1. The Morgan fingerprint density at radius 2 is 2.24 bits per heavy atom. The molecule has 1 rings (SSSR count). The highest BCUT2D eigenvalue weighted by Gasteiger charge is 2.09.